The second-order valence-corrected chi connectivity index (χ2v) is 5.80. The highest BCUT2D eigenvalue weighted by Gasteiger charge is 2.06. The first kappa shape index (κ1) is 17.0. The van der Waals surface area contributed by atoms with E-state index >= 15 is 0 Å². The second kappa shape index (κ2) is 9.63. The van der Waals surface area contributed by atoms with Gasteiger partial charge in [0.2, 0.25) is 5.91 Å². The molecule has 0 spiro atoms. The van der Waals surface area contributed by atoms with Crippen molar-refractivity contribution in [3.05, 3.63) is 52.7 Å². The molecule has 0 radical (unpaired) electrons. The van der Waals surface area contributed by atoms with Crippen LogP contribution in [0.5, 0.6) is 5.75 Å². The molecular formula is C17H20N2O3S. The molecule has 1 aromatic heterocycles. The number of para-hydroxylation sites is 1. The molecule has 6 heteroatoms. The predicted octanol–water partition coefficient (Wildman–Crippen LogP) is 2.45. The van der Waals surface area contributed by atoms with Crippen molar-refractivity contribution in [1.82, 2.24) is 10.6 Å². The molecule has 1 heterocycles. The van der Waals surface area contributed by atoms with Crippen LogP contribution in [0.2, 0.25) is 0 Å². The van der Waals surface area contributed by atoms with E-state index < -0.39 is 0 Å². The molecule has 1 aromatic carbocycles. The summed E-state index contributed by atoms with van der Waals surface area (Å²) in [7, 11) is 0. The number of amides is 2. The first-order valence-corrected chi connectivity index (χ1v) is 8.40. The predicted molar refractivity (Wildman–Crippen MR) is 90.8 cm³/mol. The van der Waals surface area contributed by atoms with E-state index in [4.69, 9.17) is 4.74 Å². The third-order valence-corrected chi connectivity index (χ3v) is 3.91. The summed E-state index contributed by atoms with van der Waals surface area (Å²) in [6, 6.07) is 13.1. The Balaban J connectivity index is 1.49. The van der Waals surface area contributed by atoms with Gasteiger partial charge < -0.3 is 15.4 Å². The lowest BCUT2D eigenvalue weighted by Gasteiger charge is -2.07. The summed E-state index contributed by atoms with van der Waals surface area (Å²) < 4.78 is 5.53. The maximum atomic E-state index is 11.7. The van der Waals surface area contributed by atoms with Crippen molar-refractivity contribution in [2.24, 2.45) is 0 Å². The summed E-state index contributed by atoms with van der Waals surface area (Å²) in [4.78, 5) is 24.0. The quantitative estimate of drug-likeness (QED) is 0.693. The number of hydrogen-bond acceptors (Lipinski definition) is 4. The van der Waals surface area contributed by atoms with Gasteiger partial charge in [-0.2, -0.15) is 0 Å². The third kappa shape index (κ3) is 6.52. The fourth-order valence-corrected chi connectivity index (χ4v) is 2.52. The van der Waals surface area contributed by atoms with Gasteiger partial charge in [-0.05, 0) is 30.0 Å². The molecule has 122 valence electrons. The molecule has 5 nitrogen and oxygen atoms in total. The number of nitrogens with one attached hydrogen (secondary N) is 2. The summed E-state index contributed by atoms with van der Waals surface area (Å²) in [5, 5.41) is 7.38. The van der Waals surface area contributed by atoms with Crippen molar-refractivity contribution >= 4 is 23.2 Å². The molecule has 0 aliphatic rings. The minimum Gasteiger partial charge on any atom is -0.494 e. The van der Waals surface area contributed by atoms with E-state index in [1.807, 2.05) is 41.8 Å². The fraction of sp³-hybridized carbons (Fsp3) is 0.294. The average molecular weight is 332 g/mol. The Kier molecular flexibility index (Phi) is 7.13. The molecule has 0 aliphatic carbocycles. The van der Waals surface area contributed by atoms with Crippen molar-refractivity contribution in [1.29, 1.82) is 0 Å². The zero-order chi connectivity index (χ0) is 16.3. The van der Waals surface area contributed by atoms with E-state index in [1.54, 1.807) is 6.07 Å². The summed E-state index contributed by atoms with van der Waals surface area (Å²) in [5.74, 6) is 0.621. The van der Waals surface area contributed by atoms with E-state index in [2.05, 4.69) is 10.6 Å². The summed E-state index contributed by atoms with van der Waals surface area (Å²) >= 11 is 1.38. The fourth-order valence-electron chi connectivity index (χ4n) is 1.88. The zero-order valence-corrected chi connectivity index (χ0v) is 13.6. The van der Waals surface area contributed by atoms with E-state index in [0.29, 0.717) is 24.6 Å². The maximum absolute atomic E-state index is 11.7. The number of rotatable bonds is 9. The van der Waals surface area contributed by atoms with Crippen molar-refractivity contribution in [2.45, 2.75) is 12.8 Å². The Hall–Kier alpha value is -2.34. The molecule has 2 amide bonds. The van der Waals surface area contributed by atoms with Crippen molar-refractivity contribution in [3.63, 3.8) is 0 Å². The minimum absolute atomic E-state index is 0.0730. The molecule has 0 unspecified atom stereocenters. The Morgan fingerprint density at radius 3 is 2.57 bits per heavy atom. The molecular weight excluding hydrogens is 312 g/mol. The topological polar surface area (TPSA) is 67.4 Å². The van der Waals surface area contributed by atoms with Gasteiger partial charge in [0, 0.05) is 19.5 Å². The Labute approximate surface area is 139 Å². The van der Waals surface area contributed by atoms with E-state index in [0.717, 1.165) is 12.2 Å². The van der Waals surface area contributed by atoms with Crippen LogP contribution < -0.4 is 15.4 Å². The Bertz CT molecular complexity index is 600. The molecule has 0 saturated carbocycles. The molecule has 0 bridgehead atoms. The van der Waals surface area contributed by atoms with Gasteiger partial charge in [-0.25, -0.2) is 0 Å². The highest BCUT2D eigenvalue weighted by atomic mass is 32.1. The number of carbonyl (C=O) groups excluding carboxylic acids is 2. The first-order valence-electron chi connectivity index (χ1n) is 7.52. The van der Waals surface area contributed by atoms with Crippen LogP contribution in [0.4, 0.5) is 0 Å². The van der Waals surface area contributed by atoms with Gasteiger partial charge >= 0.3 is 0 Å². The highest BCUT2D eigenvalue weighted by molar-refractivity contribution is 7.12. The molecule has 0 atom stereocenters. The number of hydrogen-bond donors (Lipinski definition) is 2. The van der Waals surface area contributed by atoms with Crippen molar-refractivity contribution in [3.8, 4) is 5.75 Å². The average Bonchev–Trinajstić information content (AvgIpc) is 3.10. The third-order valence-electron chi connectivity index (χ3n) is 3.04. The van der Waals surface area contributed by atoms with E-state index in [-0.39, 0.29) is 18.2 Å². The first-order chi connectivity index (χ1) is 11.3. The van der Waals surface area contributed by atoms with Gasteiger partial charge in [0.05, 0.1) is 11.5 Å². The largest absolute Gasteiger partial charge is 0.494 e. The summed E-state index contributed by atoms with van der Waals surface area (Å²) in [6.07, 6.45) is 1.01. The summed E-state index contributed by atoms with van der Waals surface area (Å²) in [5.41, 5.74) is 0. The lowest BCUT2D eigenvalue weighted by atomic mass is 10.3. The van der Waals surface area contributed by atoms with Gasteiger partial charge in [0.15, 0.2) is 0 Å². The van der Waals surface area contributed by atoms with Crippen molar-refractivity contribution in [2.75, 3.05) is 19.7 Å². The van der Waals surface area contributed by atoms with Gasteiger partial charge in [-0.3, -0.25) is 9.59 Å². The monoisotopic (exact) mass is 332 g/mol. The van der Waals surface area contributed by atoms with Crippen LogP contribution in [0, 0.1) is 0 Å². The molecule has 0 fully saturated rings. The molecule has 2 N–H and O–H groups in total. The van der Waals surface area contributed by atoms with Crippen LogP contribution in [-0.4, -0.2) is 31.5 Å². The number of ether oxygens (including phenoxy) is 1. The molecule has 0 saturated heterocycles. The van der Waals surface area contributed by atoms with Crippen LogP contribution in [0.25, 0.3) is 0 Å². The minimum atomic E-state index is -0.135. The Morgan fingerprint density at radius 1 is 1.00 bits per heavy atom. The van der Waals surface area contributed by atoms with Crippen LogP contribution in [0.3, 0.4) is 0 Å². The molecule has 23 heavy (non-hydrogen) atoms. The SMILES string of the molecule is O=C(CCNC(=O)c1cccs1)NCCCOc1ccccc1. The maximum Gasteiger partial charge on any atom is 0.261 e. The molecule has 0 aliphatic heterocycles. The standard InChI is InChI=1S/C17H20N2O3S/c20-16(9-11-19-17(21)15-8-4-13-23-15)18-10-5-12-22-14-6-2-1-3-7-14/h1-4,6-8,13H,5,9-12H2,(H,18,20)(H,19,21). The van der Waals surface area contributed by atoms with Gasteiger partial charge in [-0.1, -0.05) is 24.3 Å². The van der Waals surface area contributed by atoms with Crippen LogP contribution in [0.15, 0.2) is 47.8 Å². The van der Waals surface area contributed by atoms with Crippen LogP contribution in [0.1, 0.15) is 22.5 Å². The zero-order valence-electron chi connectivity index (χ0n) is 12.8. The van der Waals surface area contributed by atoms with E-state index in [9.17, 15) is 9.59 Å². The van der Waals surface area contributed by atoms with Gasteiger partial charge in [0.25, 0.3) is 5.91 Å². The molecule has 2 rings (SSSR count). The number of benzene rings is 1. The van der Waals surface area contributed by atoms with Gasteiger partial charge in [0.1, 0.15) is 5.75 Å². The Morgan fingerprint density at radius 2 is 1.83 bits per heavy atom. The number of thiophene rings is 1. The number of carbonyl (C=O) groups is 2. The second-order valence-electron chi connectivity index (χ2n) is 4.85. The lowest BCUT2D eigenvalue weighted by molar-refractivity contribution is -0.120. The molecule has 2 aromatic rings. The van der Waals surface area contributed by atoms with Crippen LogP contribution in [-0.2, 0) is 4.79 Å². The normalized spacial score (nSPS) is 10.1. The van der Waals surface area contributed by atoms with Gasteiger partial charge in [-0.15, -0.1) is 11.3 Å². The smallest absolute Gasteiger partial charge is 0.261 e. The van der Waals surface area contributed by atoms with E-state index in [1.165, 1.54) is 11.3 Å². The lowest BCUT2D eigenvalue weighted by Crippen LogP contribution is -2.31. The summed E-state index contributed by atoms with van der Waals surface area (Å²) in [6.45, 7) is 1.45. The van der Waals surface area contributed by atoms with Crippen molar-refractivity contribution < 1.29 is 14.3 Å². The highest BCUT2D eigenvalue weighted by Crippen LogP contribution is 2.08. The van der Waals surface area contributed by atoms with Crippen LogP contribution >= 0.6 is 11.3 Å².